The maximum atomic E-state index is 12.2. The lowest BCUT2D eigenvalue weighted by Gasteiger charge is -2.35. The summed E-state index contributed by atoms with van der Waals surface area (Å²) < 4.78 is 5.54. The highest BCUT2D eigenvalue weighted by Gasteiger charge is 2.35. The van der Waals surface area contributed by atoms with Gasteiger partial charge in [-0.3, -0.25) is 4.79 Å². The Kier molecular flexibility index (Phi) is 6.63. The minimum absolute atomic E-state index is 0.0482. The van der Waals surface area contributed by atoms with Crippen LogP contribution in [0.5, 0.6) is 0 Å². The molecule has 4 unspecified atom stereocenters. The van der Waals surface area contributed by atoms with Gasteiger partial charge in [-0.1, -0.05) is 36.7 Å². The molecule has 3 rings (SSSR count). The van der Waals surface area contributed by atoms with E-state index in [0.29, 0.717) is 29.4 Å². The van der Waals surface area contributed by atoms with Crippen LogP contribution in [0.3, 0.4) is 0 Å². The molecule has 1 aliphatic carbocycles. The number of allylic oxidation sites excluding steroid dienone is 2. The molecule has 2 aliphatic rings. The fraction of sp³-hybridized carbons (Fsp3) is 0.609. The first kappa shape index (κ1) is 20.8. The Bertz CT molecular complexity index is 689. The van der Waals surface area contributed by atoms with Crippen molar-refractivity contribution in [2.75, 3.05) is 0 Å². The molecule has 4 atom stereocenters. The summed E-state index contributed by atoms with van der Waals surface area (Å²) in [5.41, 5.74) is 0.957. The summed E-state index contributed by atoms with van der Waals surface area (Å²) in [5.74, 6) is 1.65. The summed E-state index contributed by atoms with van der Waals surface area (Å²) in [5, 5.41) is 1.29. The number of benzene rings is 1. The third-order valence-corrected chi connectivity index (χ3v) is 7.34. The molecule has 0 aromatic heterocycles. The van der Waals surface area contributed by atoms with Crippen molar-refractivity contribution in [2.45, 2.75) is 70.7 Å². The number of hydrogen-bond donors (Lipinski definition) is 0. The summed E-state index contributed by atoms with van der Waals surface area (Å²) in [7, 11) is 0. The molecule has 1 heterocycles. The molecule has 1 aromatic carbocycles. The number of esters is 1. The molecule has 27 heavy (non-hydrogen) atoms. The quantitative estimate of drug-likeness (QED) is 0.495. The first-order valence-corrected chi connectivity index (χ1v) is 11.3. The normalized spacial score (nSPS) is 28.7. The van der Waals surface area contributed by atoms with Gasteiger partial charge in [-0.25, -0.2) is 0 Å². The molecule has 2 nitrogen and oxygen atoms in total. The van der Waals surface area contributed by atoms with Gasteiger partial charge in [-0.15, -0.1) is 11.8 Å². The fourth-order valence-electron chi connectivity index (χ4n) is 4.21. The van der Waals surface area contributed by atoms with Crippen LogP contribution in [0.2, 0.25) is 5.02 Å². The zero-order valence-corrected chi connectivity index (χ0v) is 18.4. The van der Waals surface area contributed by atoms with Crippen molar-refractivity contribution in [3.05, 3.63) is 45.8 Å². The van der Waals surface area contributed by atoms with Gasteiger partial charge in [0.25, 0.3) is 0 Å². The van der Waals surface area contributed by atoms with Crippen LogP contribution in [0.1, 0.15) is 70.6 Å². The summed E-state index contributed by atoms with van der Waals surface area (Å²) in [4.78, 5) is 13.8. The van der Waals surface area contributed by atoms with Crippen LogP contribution in [0, 0.1) is 17.8 Å². The van der Waals surface area contributed by atoms with Crippen LogP contribution < -0.4 is 0 Å². The molecule has 0 spiro atoms. The molecule has 1 aliphatic heterocycles. The van der Waals surface area contributed by atoms with Crippen molar-refractivity contribution in [3.63, 3.8) is 0 Å². The number of carbonyl (C=O) groups excluding carboxylic acids is 1. The maximum Gasteiger partial charge on any atom is 0.306 e. The topological polar surface area (TPSA) is 26.3 Å². The van der Waals surface area contributed by atoms with E-state index in [9.17, 15) is 4.79 Å². The van der Waals surface area contributed by atoms with Gasteiger partial charge in [-0.05, 0) is 86.8 Å². The first-order chi connectivity index (χ1) is 12.7. The van der Waals surface area contributed by atoms with Crippen molar-refractivity contribution in [1.82, 2.24) is 0 Å². The van der Waals surface area contributed by atoms with E-state index >= 15 is 0 Å². The largest absolute Gasteiger partial charge is 0.460 e. The van der Waals surface area contributed by atoms with E-state index in [1.807, 2.05) is 44.7 Å². The molecule has 148 valence electrons. The highest BCUT2D eigenvalue weighted by Crippen LogP contribution is 2.52. The molecular weight excluding hydrogens is 376 g/mol. The van der Waals surface area contributed by atoms with E-state index in [1.54, 1.807) is 0 Å². The Morgan fingerprint density at radius 3 is 2.59 bits per heavy atom. The molecule has 1 aromatic rings. The maximum absolute atomic E-state index is 12.2. The SMILES string of the molecule is CC1CCC(CC(=O)OC(C)(C)C)CC1C1=CCC(c2ccc(Cl)cc2)S1. The molecule has 0 bridgehead atoms. The molecular formula is C23H31ClO2S. The van der Waals surface area contributed by atoms with Gasteiger partial charge < -0.3 is 4.74 Å². The van der Waals surface area contributed by atoms with E-state index in [1.165, 1.54) is 16.9 Å². The van der Waals surface area contributed by atoms with Gasteiger partial charge in [0.05, 0.1) is 0 Å². The number of thioether (sulfide) groups is 1. The Morgan fingerprint density at radius 1 is 1.22 bits per heavy atom. The second-order valence-electron chi connectivity index (χ2n) is 9.05. The molecule has 1 fully saturated rings. The Labute approximate surface area is 173 Å². The third-order valence-electron chi connectivity index (χ3n) is 5.60. The molecule has 1 saturated carbocycles. The average molecular weight is 407 g/mol. The molecule has 0 N–H and O–H groups in total. The Balaban J connectivity index is 1.58. The second-order valence-corrected chi connectivity index (χ2v) is 10.8. The Morgan fingerprint density at radius 2 is 1.93 bits per heavy atom. The van der Waals surface area contributed by atoms with E-state index in [2.05, 4.69) is 25.1 Å². The first-order valence-electron chi connectivity index (χ1n) is 10.1. The lowest BCUT2D eigenvalue weighted by atomic mass is 9.73. The van der Waals surface area contributed by atoms with Crippen LogP contribution in [0.25, 0.3) is 0 Å². The predicted molar refractivity (Wildman–Crippen MR) is 115 cm³/mol. The van der Waals surface area contributed by atoms with Gasteiger partial charge >= 0.3 is 5.97 Å². The van der Waals surface area contributed by atoms with Crippen molar-refractivity contribution in [3.8, 4) is 0 Å². The summed E-state index contributed by atoms with van der Waals surface area (Å²) in [6, 6.07) is 8.25. The van der Waals surface area contributed by atoms with Gasteiger partial charge in [0.1, 0.15) is 5.60 Å². The summed E-state index contributed by atoms with van der Waals surface area (Å²) in [6.45, 7) is 8.18. The molecule has 0 saturated heterocycles. The summed E-state index contributed by atoms with van der Waals surface area (Å²) >= 11 is 8.04. The predicted octanol–water partition coefficient (Wildman–Crippen LogP) is 7.19. The second kappa shape index (κ2) is 8.61. The van der Waals surface area contributed by atoms with Crippen LogP contribution in [-0.4, -0.2) is 11.6 Å². The van der Waals surface area contributed by atoms with Crippen molar-refractivity contribution in [2.24, 2.45) is 17.8 Å². The van der Waals surface area contributed by atoms with Crippen LogP contribution in [0.4, 0.5) is 0 Å². The molecule has 4 heteroatoms. The number of carbonyl (C=O) groups is 1. The fourth-order valence-corrected chi connectivity index (χ4v) is 5.85. The molecule has 0 amide bonds. The Hall–Kier alpha value is -0.930. The van der Waals surface area contributed by atoms with E-state index in [4.69, 9.17) is 16.3 Å². The molecule has 0 radical (unpaired) electrons. The average Bonchev–Trinajstić information content (AvgIpc) is 3.05. The summed E-state index contributed by atoms with van der Waals surface area (Å²) in [6.07, 6.45) is 7.51. The van der Waals surface area contributed by atoms with Crippen molar-refractivity contribution < 1.29 is 9.53 Å². The van der Waals surface area contributed by atoms with E-state index < -0.39 is 5.60 Å². The van der Waals surface area contributed by atoms with Gasteiger partial charge in [0.2, 0.25) is 0 Å². The number of hydrogen-bond acceptors (Lipinski definition) is 3. The number of rotatable bonds is 4. The van der Waals surface area contributed by atoms with Gasteiger partial charge in [-0.2, -0.15) is 0 Å². The monoisotopic (exact) mass is 406 g/mol. The van der Waals surface area contributed by atoms with Crippen LogP contribution >= 0.6 is 23.4 Å². The standard InChI is InChI=1S/C23H31ClO2S/c1-15-5-6-16(14-22(25)26-23(2,3)4)13-19(15)21-12-11-20(27-21)17-7-9-18(24)10-8-17/h7-10,12,15-16,19-20H,5-6,11,13-14H2,1-4H3. The highest BCUT2D eigenvalue weighted by atomic mass is 35.5. The zero-order valence-electron chi connectivity index (χ0n) is 16.8. The lowest BCUT2D eigenvalue weighted by molar-refractivity contribution is -0.156. The van der Waals surface area contributed by atoms with Gasteiger partial charge in [0, 0.05) is 16.7 Å². The number of ether oxygens (including phenoxy) is 1. The zero-order chi connectivity index (χ0) is 19.6. The van der Waals surface area contributed by atoms with Crippen LogP contribution in [0.15, 0.2) is 35.2 Å². The number of halogens is 1. The lowest BCUT2D eigenvalue weighted by Crippen LogP contribution is -2.29. The smallest absolute Gasteiger partial charge is 0.306 e. The van der Waals surface area contributed by atoms with E-state index in [0.717, 1.165) is 24.3 Å². The van der Waals surface area contributed by atoms with Crippen molar-refractivity contribution in [1.29, 1.82) is 0 Å². The third kappa shape index (κ3) is 5.77. The van der Waals surface area contributed by atoms with Crippen molar-refractivity contribution >= 4 is 29.3 Å². The van der Waals surface area contributed by atoms with E-state index in [-0.39, 0.29) is 5.97 Å². The minimum atomic E-state index is -0.395. The minimum Gasteiger partial charge on any atom is -0.460 e. The highest BCUT2D eigenvalue weighted by molar-refractivity contribution is 8.03. The van der Waals surface area contributed by atoms with Gasteiger partial charge in [0.15, 0.2) is 0 Å². The van der Waals surface area contributed by atoms with Crippen LogP contribution in [-0.2, 0) is 9.53 Å².